The first kappa shape index (κ1) is 17.4. The summed E-state index contributed by atoms with van der Waals surface area (Å²) in [6.07, 6.45) is 1.75. The number of amides is 1. The molecule has 1 aromatic rings. The topological polar surface area (TPSA) is 62.8 Å². The number of carbonyl (C=O) groups is 1. The molecule has 2 aliphatic heterocycles. The van der Waals surface area contributed by atoms with Crippen LogP contribution < -0.4 is 16.3 Å². The van der Waals surface area contributed by atoms with Gasteiger partial charge in [-0.3, -0.25) is 15.6 Å². The Balaban J connectivity index is 1.81. The molecule has 0 bridgehead atoms. The maximum absolute atomic E-state index is 12.4. The number of benzene rings is 1. The third-order valence-electron chi connectivity index (χ3n) is 4.68. The van der Waals surface area contributed by atoms with Crippen molar-refractivity contribution >= 4 is 30.4 Å². The van der Waals surface area contributed by atoms with Crippen LogP contribution in [-0.4, -0.2) is 28.8 Å². The Morgan fingerprint density at radius 1 is 1.25 bits per heavy atom. The second-order valence-electron chi connectivity index (χ2n) is 6.93. The van der Waals surface area contributed by atoms with Crippen molar-refractivity contribution in [1.82, 2.24) is 15.4 Å². The fourth-order valence-corrected chi connectivity index (χ4v) is 2.94. The summed E-state index contributed by atoms with van der Waals surface area (Å²) in [6.45, 7) is 10.1. The van der Waals surface area contributed by atoms with Crippen molar-refractivity contribution in [2.75, 3.05) is 0 Å². The second kappa shape index (κ2) is 6.11. The third kappa shape index (κ3) is 3.19. The van der Waals surface area contributed by atoms with Crippen LogP contribution >= 0.6 is 11.9 Å². The maximum atomic E-state index is 12.4. The van der Waals surface area contributed by atoms with Crippen LogP contribution in [0, 0.1) is 6.92 Å². The Morgan fingerprint density at radius 3 is 2.50 bits per heavy atom. The fraction of sp³-hybridized carbons (Fsp3) is 0.438. The third-order valence-corrected chi connectivity index (χ3v) is 5.34. The molecule has 24 heavy (non-hydrogen) atoms. The number of nitrogens with zero attached hydrogens (tertiary/aromatic N) is 1. The molecule has 1 saturated heterocycles. The van der Waals surface area contributed by atoms with Crippen LogP contribution in [0.25, 0.3) is 0 Å². The van der Waals surface area contributed by atoms with Crippen molar-refractivity contribution in [1.29, 1.82) is 0 Å². The highest BCUT2D eigenvalue weighted by molar-refractivity contribution is 8.00. The lowest BCUT2D eigenvalue weighted by molar-refractivity contribution is 0.00578. The quantitative estimate of drug-likeness (QED) is 0.643. The molecule has 0 aliphatic carbocycles. The predicted octanol–water partition coefficient (Wildman–Crippen LogP) is 1.88. The SMILES string of the molecule is Cc1ccc(C(=O)NN2NC=CS2)cc1B1OC(C)(C)C(C)(C)O1. The van der Waals surface area contributed by atoms with Gasteiger partial charge in [0.2, 0.25) is 0 Å². The zero-order valence-corrected chi connectivity index (χ0v) is 15.4. The lowest BCUT2D eigenvalue weighted by Crippen LogP contribution is -2.42. The van der Waals surface area contributed by atoms with E-state index in [2.05, 4.69) is 10.9 Å². The molecule has 1 aromatic carbocycles. The summed E-state index contributed by atoms with van der Waals surface area (Å²) in [4.78, 5) is 12.4. The van der Waals surface area contributed by atoms with Crippen LogP contribution in [0.5, 0.6) is 0 Å². The lowest BCUT2D eigenvalue weighted by atomic mass is 9.75. The molecule has 3 rings (SSSR count). The molecule has 2 aliphatic rings. The van der Waals surface area contributed by atoms with E-state index in [9.17, 15) is 4.79 Å². The van der Waals surface area contributed by atoms with E-state index >= 15 is 0 Å². The smallest absolute Gasteiger partial charge is 0.399 e. The van der Waals surface area contributed by atoms with Gasteiger partial charge in [-0.25, -0.2) is 0 Å². The van der Waals surface area contributed by atoms with Crippen LogP contribution in [0.2, 0.25) is 0 Å². The van der Waals surface area contributed by atoms with E-state index in [1.54, 1.807) is 12.3 Å². The number of carbonyl (C=O) groups excluding carboxylic acids is 1. The van der Waals surface area contributed by atoms with E-state index in [0.29, 0.717) is 5.56 Å². The van der Waals surface area contributed by atoms with Gasteiger partial charge in [-0.2, -0.15) is 0 Å². The molecule has 1 amide bonds. The van der Waals surface area contributed by atoms with Crippen molar-refractivity contribution in [3.8, 4) is 0 Å². The molecule has 0 radical (unpaired) electrons. The van der Waals surface area contributed by atoms with Crippen molar-refractivity contribution in [2.45, 2.75) is 45.8 Å². The van der Waals surface area contributed by atoms with Crippen molar-refractivity contribution in [3.05, 3.63) is 40.9 Å². The van der Waals surface area contributed by atoms with Crippen molar-refractivity contribution in [2.24, 2.45) is 0 Å². The average Bonchev–Trinajstić information content (AvgIpc) is 3.05. The number of nitrogens with one attached hydrogen (secondary N) is 2. The summed E-state index contributed by atoms with van der Waals surface area (Å²) in [5.74, 6) is -0.198. The molecule has 0 unspecified atom stereocenters. The first-order valence-corrected chi connectivity index (χ1v) is 8.68. The summed E-state index contributed by atoms with van der Waals surface area (Å²) < 4.78 is 13.8. The fourth-order valence-electron chi connectivity index (χ4n) is 2.44. The molecule has 128 valence electrons. The first-order valence-electron chi connectivity index (χ1n) is 7.85. The van der Waals surface area contributed by atoms with E-state index < -0.39 is 18.3 Å². The molecule has 2 heterocycles. The van der Waals surface area contributed by atoms with Gasteiger partial charge in [0.05, 0.1) is 11.2 Å². The molecule has 2 N–H and O–H groups in total. The van der Waals surface area contributed by atoms with Crippen molar-refractivity contribution < 1.29 is 14.1 Å². The molecule has 8 heteroatoms. The summed E-state index contributed by atoms with van der Waals surface area (Å²) in [6, 6.07) is 5.55. The molecule has 0 atom stereocenters. The number of hydrogen-bond acceptors (Lipinski definition) is 6. The van der Waals surface area contributed by atoms with Gasteiger partial charge >= 0.3 is 7.12 Å². The maximum Gasteiger partial charge on any atom is 0.495 e. The first-order chi connectivity index (χ1) is 11.2. The van der Waals surface area contributed by atoms with E-state index in [1.165, 1.54) is 16.5 Å². The van der Waals surface area contributed by atoms with Gasteiger partial charge in [0.15, 0.2) is 0 Å². The summed E-state index contributed by atoms with van der Waals surface area (Å²) in [5, 5.41) is 1.84. The van der Waals surface area contributed by atoms with Gasteiger partial charge in [0.25, 0.3) is 5.91 Å². The van der Waals surface area contributed by atoms with Crippen LogP contribution in [-0.2, 0) is 9.31 Å². The summed E-state index contributed by atoms with van der Waals surface area (Å²) in [5.41, 5.74) is 7.30. The van der Waals surface area contributed by atoms with E-state index in [-0.39, 0.29) is 5.91 Å². The number of hydrogen-bond donors (Lipinski definition) is 2. The molecule has 0 spiro atoms. The molecule has 6 nitrogen and oxygen atoms in total. The zero-order chi connectivity index (χ0) is 17.5. The van der Waals surface area contributed by atoms with Gasteiger partial charge in [0.1, 0.15) is 0 Å². The standard InChI is InChI=1S/C16H22BN3O3S/c1-11-6-7-12(14(21)19-20-18-8-9-24-20)10-13(11)17-22-15(2,3)16(4,5)23-17/h6-10,18H,1-5H3,(H,19,21). The van der Waals surface area contributed by atoms with Crippen LogP contribution in [0.3, 0.4) is 0 Å². The molecular formula is C16H22BN3O3S. The monoisotopic (exact) mass is 347 g/mol. The molecule has 0 aromatic heterocycles. The predicted molar refractivity (Wildman–Crippen MR) is 96.1 cm³/mol. The van der Waals surface area contributed by atoms with Gasteiger partial charge in [-0.05, 0) is 64.2 Å². The van der Waals surface area contributed by atoms with Gasteiger partial charge in [0, 0.05) is 17.2 Å². The minimum Gasteiger partial charge on any atom is -0.399 e. The number of hydrazine groups is 2. The summed E-state index contributed by atoms with van der Waals surface area (Å²) in [7, 11) is -0.483. The highest BCUT2D eigenvalue weighted by Crippen LogP contribution is 2.36. The Hall–Kier alpha value is -1.48. The van der Waals surface area contributed by atoms with Crippen LogP contribution in [0.1, 0.15) is 43.6 Å². The Labute approximate surface area is 147 Å². The van der Waals surface area contributed by atoms with E-state index in [4.69, 9.17) is 9.31 Å². The van der Waals surface area contributed by atoms with Crippen LogP contribution in [0.15, 0.2) is 29.8 Å². The number of rotatable bonds is 3. The highest BCUT2D eigenvalue weighted by Gasteiger charge is 2.52. The van der Waals surface area contributed by atoms with E-state index in [0.717, 1.165) is 11.0 Å². The highest BCUT2D eigenvalue weighted by atomic mass is 32.2. The molecule has 0 saturated carbocycles. The summed E-state index contributed by atoms with van der Waals surface area (Å²) >= 11 is 1.36. The minimum absolute atomic E-state index is 0.198. The van der Waals surface area contributed by atoms with Gasteiger partial charge in [-0.15, -0.1) is 0 Å². The van der Waals surface area contributed by atoms with Crippen LogP contribution in [0.4, 0.5) is 0 Å². The normalized spacial score (nSPS) is 21.8. The zero-order valence-electron chi connectivity index (χ0n) is 14.5. The number of aryl methyl sites for hydroxylation is 1. The lowest BCUT2D eigenvalue weighted by Gasteiger charge is -2.32. The average molecular weight is 347 g/mol. The largest absolute Gasteiger partial charge is 0.495 e. The Kier molecular flexibility index (Phi) is 4.42. The second-order valence-corrected chi connectivity index (χ2v) is 7.78. The van der Waals surface area contributed by atoms with Gasteiger partial charge in [-0.1, -0.05) is 16.2 Å². The van der Waals surface area contributed by atoms with E-state index in [1.807, 2.05) is 52.2 Å². The molecule has 1 fully saturated rings. The van der Waals surface area contributed by atoms with Gasteiger partial charge < -0.3 is 9.31 Å². The minimum atomic E-state index is -0.483. The Bertz CT molecular complexity index is 669. The Morgan fingerprint density at radius 2 is 1.92 bits per heavy atom. The van der Waals surface area contributed by atoms with Crippen molar-refractivity contribution in [3.63, 3.8) is 0 Å². The molecular weight excluding hydrogens is 325 g/mol.